The molecule has 2 N–H and O–H groups in total. The first-order chi connectivity index (χ1) is 15.3. The summed E-state index contributed by atoms with van der Waals surface area (Å²) in [6.45, 7) is 10.1. The lowest BCUT2D eigenvalue weighted by Crippen LogP contribution is -2.16. The van der Waals surface area contributed by atoms with Gasteiger partial charge < -0.3 is 15.2 Å². The summed E-state index contributed by atoms with van der Waals surface area (Å²) in [7, 11) is 1.33. The fourth-order valence-electron chi connectivity index (χ4n) is 2.25. The van der Waals surface area contributed by atoms with Crippen LogP contribution in [0.5, 0.6) is 0 Å². The normalized spacial score (nSPS) is 10.8. The van der Waals surface area contributed by atoms with Crippen LogP contribution in [0, 0.1) is 5.92 Å². The van der Waals surface area contributed by atoms with Crippen molar-refractivity contribution in [2.24, 2.45) is 11.7 Å². The van der Waals surface area contributed by atoms with E-state index in [1.165, 1.54) is 30.2 Å². The molecule has 32 heavy (non-hydrogen) atoms. The van der Waals surface area contributed by atoms with Gasteiger partial charge in [0, 0.05) is 10.5 Å². The van der Waals surface area contributed by atoms with Crippen LogP contribution in [0.2, 0.25) is 0 Å². The Morgan fingerprint density at radius 2 is 1.81 bits per heavy atom. The van der Waals surface area contributed by atoms with Gasteiger partial charge in [-0.3, -0.25) is 0 Å². The molecule has 6 nitrogen and oxygen atoms in total. The van der Waals surface area contributed by atoms with Gasteiger partial charge in [-0.2, -0.15) is 0 Å². The zero-order valence-corrected chi connectivity index (χ0v) is 23.9. The molecule has 0 saturated heterocycles. The Morgan fingerprint density at radius 1 is 1.22 bits per heavy atom. The van der Waals surface area contributed by atoms with Crippen LogP contribution < -0.4 is 5.73 Å². The molecule has 0 fully saturated rings. The van der Waals surface area contributed by atoms with Crippen molar-refractivity contribution in [3.05, 3.63) is 49.7 Å². The zero-order valence-electron chi connectivity index (χ0n) is 19.1. The molecule has 0 spiro atoms. The Bertz CT molecular complexity index is 872. The summed E-state index contributed by atoms with van der Waals surface area (Å²) in [5.41, 5.74) is 7.41. The average molecular weight is 610 g/mol. The number of alkyl halides is 1. The third kappa shape index (κ3) is 10.1. The van der Waals surface area contributed by atoms with E-state index in [2.05, 4.69) is 41.6 Å². The lowest BCUT2D eigenvalue weighted by atomic mass is 10.1. The molecule has 0 radical (unpaired) electrons. The molecular weight excluding hydrogens is 580 g/mol. The summed E-state index contributed by atoms with van der Waals surface area (Å²) >= 11 is 9.37. The number of thioether (sulfide) groups is 1. The Labute approximate surface area is 215 Å². The van der Waals surface area contributed by atoms with Crippen molar-refractivity contribution in [3.63, 3.8) is 0 Å². The number of rotatable bonds is 7. The van der Waals surface area contributed by atoms with Crippen molar-refractivity contribution in [2.75, 3.05) is 18.4 Å². The predicted molar refractivity (Wildman–Crippen MR) is 142 cm³/mol. The number of nitrogens with two attached hydrogens (primary N) is 1. The summed E-state index contributed by atoms with van der Waals surface area (Å²) in [4.78, 5) is 28.6. The van der Waals surface area contributed by atoms with Crippen LogP contribution in [-0.2, 0) is 14.3 Å². The number of methoxy groups -OCH3 is 1. The van der Waals surface area contributed by atoms with Crippen LogP contribution in [0.1, 0.15) is 44.3 Å². The minimum Gasteiger partial charge on any atom is -0.464 e. The van der Waals surface area contributed by atoms with Crippen molar-refractivity contribution in [2.45, 2.75) is 34.6 Å². The molecule has 1 aromatic heterocycles. The summed E-state index contributed by atoms with van der Waals surface area (Å²) in [6, 6.07) is 9.60. The lowest BCUT2D eigenvalue weighted by Gasteiger charge is -2.11. The number of aromatic nitrogens is 1. The number of carbonyl (C=O) groups excluding carboxylic acids is 2. The number of ether oxygens (including phenoxy) is 2. The first-order valence-corrected chi connectivity index (χ1v) is 13.6. The molecule has 0 bridgehead atoms. The second kappa shape index (κ2) is 17.2. The van der Waals surface area contributed by atoms with Gasteiger partial charge >= 0.3 is 11.9 Å². The van der Waals surface area contributed by atoms with Gasteiger partial charge in [0.05, 0.1) is 24.1 Å². The molecular formula is C22H30Br2N2O4S2. The van der Waals surface area contributed by atoms with E-state index < -0.39 is 5.97 Å². The highest BCUT2D eigenvalue weighted by atomic mass is 79.9. The molecule has 0 unspecified atom stereocenters. The van der Waals surface area contributed by atoms with E-state index in [9.17, 15) is 9.59 Å². The maximum Gasteiger partial charge on any atom is 0.354 e. The Morgan fingerprint density at radius 3 is 2.28 bits per heavy atom. The third-order valence-corrected chi connectivity index (χ3v) is 6.80. The number of nitrogens with zero attached hydrogens (tertiary/aromatic N) is 1. The van der Waals surface area contributed by atoms with E-state index in [0.29, 0.717) is 21.1 Å². The van der Waals surface area contributed by atoms with Crippen LogP contribution in [0.4, 0.5) is 0 Å². The predicted octanol–water partition coefficient (Wildman–Crippen LogP) is 6.85. The molecule has 0 aliphatic carbocycles. The lowest BCUT2D eigenvalue weighted by molar-refractivity contribution is -0.136. The Kier molecular flexibility index (Phi) is 16.4. The highest BCUT2D eigenvalue weighted by Crippen LogP contribution is 2.31. The van der Waals surface area contributed by atoms with Gasteiger partial charge in [0.2, 0.25) is 0 Å². The van der Waals surface area contributed by atoms with Crippen LogP contribution in [0.25, 0.3) is 11.3 Å². The number of carbonyl (C=O) groups is 2. The fourth-order valence-corrected chi connectivity index (χ4v) is 5.05. The molecule has 10 heteroatoms. The summed E-state index contributed by atoms with van der Waals surface area (Å²) in [5, 5.41) is 0. The average Bonchev–Trinajstić information content (AvgIpc) is 3.20. The standard InChI is InChI=1S/C12H10BrNO2S.C8H14BrNO2S.C2H6/c1-2-16-11(15)10-9(14-12(13)17-10)8-6-4-3-5-7-8;1-5(2)7(13-4-9)6(10)8(11)12-3;1-2/h3-7H,2H2,1H3;5H,4,10H2,1-3H3;1-2H3/b;7-6-;. The van der Waals surface area contributed by atoms with Crippen LogP contribution in [0.15, 0.2) is 44.9 Å². The molecule has 0 atom stereocenters. The van der Waals surface area contributed by atoms with Gasteiger partial charge in [0.15, 0.2) is 3.92 Å². The monoisotopic (exact) mass is 608 g/mol. The highest BCUT2D eigenvalue weighted by Gasteiger charge is 2.19. The van der Waals surface area contributed by atoms with Crippen molar-refractivity contribution < 1.29 is 19.1 Å². The molecule has 1 aromatic carbocycles. The molecule has 2 rings (SSSR count). The van der Waals surface area contributed by atoms with Crippen LogP contribution in [0.3, 0.4) is 0 Å². The highest BCUT2D eigenvalue weighted by molar-refractivity contribution is 9.11. The van der Waals surface area contributed by atoms with Crippen LogP contribution in [-0.4, -0.2) is 35.3 Å². The number of esters is 2. The van der Waals surface area contributed by atoms with Crippen molar-refractivity contribution >= 4 is 66.9 Å². The number of allylic oxidation sites excluding steroid dienone is 1. The van der Waals surface area contributed by atoms with Gasteiger partial charge in [0.1, 0.15) is 10.6 Å². The molecule has 178 valence electrons. The van der Waals surface area contributed by atoms with Gasteiger partial charge in [0.25, 0.3) is 0 Å². The maximum absolute atomic E-state index is 11.8. The van der Waals surface area contributed by atoms with Crippen molar-refractivity contribution in [1.29, 1.82) is 0 Å². The molecule has 0 amide bonds. The van der Waals surface area contributed by atoms with E-state index >= 15 is 0 Å². The van der Waals surface area contributed by atoms with Gasteiger partial charge in [-0.05, 0) is 28.8 Å². The smallest absolute Gasteiger partial charge is 0.354 e. The zero-order chi connectivity index (χ0) is 24.7. The Balaban J connectivity index is 0.000000578. The molecule has 0 saturated carbocycles. The number of hydrogen-bond acceptors (Lipinski definition) is 8. The summed E-state index contributed by atoms with van der Waals surface area (Å²) in [6.07, 6.45) is 0. The number of thiazole rings is 1. The van der Waals surface area contributed by atoms with Gasteiger partial charge in [-0.15, -0.1) is 11.8 Å². The SMILES string of the molecule is CC.CCOC(=O)c1sc(Br)nc1-c1ccccc1.COC(=O)/C(N)=C(/SCBr)C(C)C. The van der Waals surface area contributed by atoms with E-state index in [-0.39, 0.29) is 17.6 Å². The number of halogens is 2. The minimum absolute atomic E-state index is 0.210. The second-order valence-corrected chi connectivity index (χ2v) is 10.5. The van der Waals surface area contributed by atoms with Crippen molar-refractivity contribution in [1.82, 2.24) is 4.98 Å². The third-order valence-electron chi connectivity index (χ3n) is 3.51. The summed E-state index contributed by atoms with van der Waals surface area (Å²) in [5.74, 6) is -0.548. The number of hydrogen-bond donors (Lipinski definition) is 1. The second-order valence-electron chi connectivity index (χ2n) is 5.91. The van der Waals surface area contributed by atoms with E-state index in [1.54, 1.807) is 6.92 Å². The molecule has 2 aromatic rings. The largest absolute Gasteiger partial charge is 0.464 e. The topological polar surface area (TPSA) is 91.5 Å². The molecule has 0 aliphatic rings. The molecule has 0 aliphatic heterocycles. The Hall–Kier alpha value is -1.36. The van der Waals surface area contributed by atoms with E-state index in [1.807, 2.05) is 58.0 Å². The van der Waals surface area contributed by atoms with Gasteiger partial charge in [-0.25, -0.2) is 14.6 Å². The summed E-state index contributed by atoms with van der Waals surface area (Å²) < 4.78 is 11.0. The fraction of sp³-hybridized carbons (Fsp3) is 0.409. The quantitative estimate of drug-likeness (QED) is 0.208. The van der Waals surface area contributed by atoms with Crippen LogP contribution >= 0.6 is 55.0 Å². The first-order valence-electron chi connectivity index (χ1n) is 9.92. The van der Waals surface area contributed by atoms with Crippen molar-refractivity contribution in [3.8, 4) is 11.3 Å². The minimum atomic E-state index is -0.461. The van der Waals surface area contributed by atoms with E-state index in [4.69, 9.17) is 10.5 Å². The first kappa shape index (κ1) is 30.6. The molecule has 1 heterocycles. The number of benzene rings is 1. The maximum atomic E-state index is 11.8. The van der Waals surface area contributed by atoms with Gasteiger partial charge in [-0.1, -0.05) is 85.3 Å². The van der Waals surface area contributed by atoms with E-state index in [0.717, 1.165) is 15.1 Å².